The van der Waals surface area contributed by atoms with E-state index in [4.69, 9.17) is 11.6 Å². The largest absolute Gasteiger partial charge is 0.0888 e. The zero-order valence-electron chi connectivity index (χ0n) is 12.9. The zero-order chi connectivity index (χ0) is 16.6. The summed E-state index contributed by atoms with van der Waals surface area (Å²) in [6, 6.07) is 28.1. The Kier molecular flexibility index (Phi) is 5.80. The molecule has 2 heteroatoms. The standard InChI is InChI=1S/C22H15ClS/c23-20-14-16-21(17-15-20)24-22(19-11-5-2-6-12-19)13-7-10-18-8-3-1-4-9-18/h1-6,8-9,11-17H/b22-13-. The third-order valence-electron chi connectivity index (χ3n) is 3.29. The summed E-state index contributed by atoms with van der Waals surface area (Å²) in [6.07, 6.45) is 1.97. The molecule has 0 atom stereocenters. The molecule has 3 aromatic carbocycles. The molecule has 3 rings (SSSR count). The van der Waals surface area contributed by atoms with Gasteiger partial charge in [-0.25, -0.2) is 0 Å². The van der Waals surface area contributed by atoms with Crippen molar-refractivity contribution in [3.8, 4) is 11.8 Å². The molecule has 0 aliphatic heterocycles. The fraction of sp³-hybridized carbons (Fsp3) is 0. The summed E-state index contributed by atoms with van der Waals surface area (Å²) >= 11 is 7.66. The third kappa shape index (κ3) is 4.80. The second kappa shape index (κ2) is 8.45. The van der Waals surface area contributed by atoms with Gasteiger partial charge in [0.25, 0.3) is 0 Å². The molecule has 0 fully saturated rings. The first kappa shape index (κ1) is 16.5. The van der Waals surface area contributed by atoms with Crippen molar-refractivity contribution in [2.24, 2.45) is 0 Å². The smallest absolute Gasteiger partial charge is 0.0406 e. The van der Waals surface area contributed by atoms with E-state index in [1.54, 1.807) is 11.8 Å². The summed E-state index contributed by atoms with van der Waals surface area (Å²) in [7, 11) is 0. The van der Waals surface area contributed by atoms with Crippen LogP contribution >= 0.6 is 23.4 Å². The minimum atomic E-state index is 0.744. The first-order valence-electron chi connectivity index (χ1n) is 7.57. The highest BCUT2D eigenvalue weighted by molar-refractivity contribution is 8.08. The van der Waals surface area contributed by atoms with Crippen LogP contribution in [0.15, 0.2) is 95.9 Å². The minimum Gasteiger partial charge on any atom is -0.0888 e. The molecule has 0 aliphatic carbocycles. The Morgan fingerprint density at radius 2 is 1.42 bits per heavy atom. The molecule has 0 aliphatic rings. The Bertz CT molecular complexity index is 870. The summed E-state index contributed by atoms with van der Waals surface area (Å²) in [4.78, 5) is 2.25. The van der Waals surface area contributed by atoms with Crippen LogP contribution < -0.4 is 0 Å². The van der Waals surface area contributed by atoms with E-state index in [0.29, 0.717) is 0 Å². The van der Waals surface area contributed by atoms with Crippen LogP contribution in [0, 0.1) is 11.8 Å². The zero-order valence-corrected chi connectivity index (χ0v) is 14.5. The first-order chi connectivity index (χ1) is 11.8. The average molecular weight is 347 g/mol. The van der Waals surface area contributed by atoms with Crippen LogP contribution in [0.2, 0.25) is 5.02 Å². The van der Waals surface area contributed by atoms with Gasteiger partial charge in [0.05, 0.1) is 0 Å². The molecule has 0 aromatic heterocycles. The molecular weight excluding hydrogens is 332 g/mol. The number of benzene rings is 3. The van der Waals surface area contributed by atoms with Gasteiger partial charge in [0.15, 0.2) is 0 Å². The Balaban J connectivity index is 1.89. The predicted octanol–water partition coefficient (Wildman–Crippen LogP) is 6.52. The van der Waals surface area contributed by atoms with Gasteiger partial charge in [0, 0.05) is 26.5 Å². The van der Waals surface area contributed by atoms with Crippen LogP contribution in [0.4, 0.5) is 0 Å². The highest BCUT2D eigenvalue weighted by atomic mass is 35.5. The van der Waals surface area contributed by atoms with Crippen LogP contribution in [0.25, 0.3) is 4.91 Å². The van der Waals surface area contributed by atoms with E-state index in [1.165, 1.54) is 0 Å². The molecule has 0 N–H and O–H groups in total. The number of allylic oxidation sites excluding steroid dienone is 1. The Morgan fingerprint density at radius 1 is 0.792 bits per heavy atom. The molecule has 0 saturated carbocycles. The molecule has 0 saturated heterocycles. The maximum Gasteiger partial charge on any atom is 0.0406 e. The number of thioether (sulfide) groups is 1. The van der Waals surface area contributed by atoms with E-state index in [1.807, 2.05) is 78.9 Å². The second-order valence-electron chi connectivity index (χ2n) is 5.07. The van der Waals surface area contributed by atoms with Crippen LogP contribution in [-0.2, 0) is 0 Å². The van der Waals surface area contributed by atoms with Crippen molar-refractivity contribution in [2.45, 2.75) is 4.90 Å². The van der Waals surface area contributed by atoms with E-state index < -0.39 is 0 Å². The van der Waals surface area contributed by atoms with E-state index in [9.17, 15) is 0 Å². The van der Waals surface area contributed by atoms with Gasteiger partial charge in [-0.2, -0.15) is 0 Å². The lowest BCUT2D eigenvalue weighted by Gasteiger charge is -2.06. The van der Waals surface area contributed by atoms with Gasteiger partial charge in [0.2, 0.25) is 0 Å². The monoisotopic (exact) mass is 346 g/mol. The lowest BCUT2D eigenvalue weighted by molar-refractivity contribution is 1.47. The predicted molar refractivity (Wildman–Crippen MR) is 105 cm³/mol. The van der Waals surface area contributed by atoms with Gasteiger partial charge in [-0.15, -0.1) is 0 Å². The second-order valence-corrected chi connectivity index (χ2v) is 6.62. The molecule has 0 amide bonds. The van der Waals surface area contributed by atoms with Crippen molar-refractivity contribution in [1.29, 1.82) is 0 Å². The molecule has 3 aromatic rings. The van der Waals surface area contributed by atoms with Crippen molar-refractivity contribution in [2.75, 3.05) is 0 Å². The lowest BCUT2D eigenvalue weighted by Crippen LogP contribution is -1.80. The highest BCUT2D eigenvalue weighted by Crippen LogP contribution is 2.34. The van der Waals surface area contributed by atoms with Gasteiger partial charge in [-0.05, 0) is 42.0 Å². The van der Waals surface area contributed by atoms with Gasteiger partial charge < -0.3 is 0 Å². The van der Waals surface area contributed by atoms with Crippen molar-refractivity contribution < 1.29 is 0 Å². The van der Waals surface area contributed by atoms with Gasteiger partial charge >= 0.3 is 0 Å². The Morgan fingerprint density at radius 3 is 2.08 bits per heavy atom. The number of rotatable bonds is 3. The average Bonchev–Trinajstić information content (AvgIpc) is 2.64. The Labute approximate surface area is 152 Å². The summed E-state index contributed by atoms with van der Waals surface area (Å²) in [5.74, 6) is 6.35. The number of hydrogen-bond acceptors (Lipinski definition) is 1. The van der Waals surface area contributed by atoms with E-state index in [-0.39, 0.29) is 0 Å². The molecule has 116 valence electrons. The molecule has 24 heavy (non-hydrogen) atoms. The van der Waals surface area contributed by atoms with E-state index in [0.717, 1.165) is 26.0 Å². The lowest BCUT2D eigenvalue weighted by atomic mass is 10.2. The molecule has 0 spiro atoms. The Hall–Kier alpha value is -2.40. The highest BCUT2D eigenvalue weighted by Gasteiger charge is 2.03. The van der Waals surface area contributed by atoms with Crippen molar-refractivity contribution in [3.05, 3.63) is 107 Å². The topological polar surface area (TPSA) is 0 Å². The molecule has 0 heterocycles. The van der Waals surface area contributed by atoms with Crippen LogP contribution in [0.1, 0.15) is 11.1 Å². The number of halogens is 1. The van der Waals surface area contributed by atoms with E-state index in [2.05, 4.69) is 24.0 Å². The maximum atomic E-state index is 5.97. The van der Waals surface area contributed by atoms with Gasteiger partial charge in [-0.1, -0.05) is 83.7 Å². The summed E-state index contributed by atoms with van der Waals surface area (Å²) in [6.45, 7) is 0. The molecule has 0 unspecified atom stereocenters. The summed E-state index contributed by atoms with van der Waals surface area (Å²) in [5.41, 5.74) is 2.16. The van der Waals surface area contributed by atoms with Crippen LogP contribution in [-0.4, -0.2) is 0 Å². The van der Waals surface area contributed by atoms with Crippen LogP contribution in [0.5, 0.6) is 0 Å². The van der Waals surface area contributed by atoms with Crippen LogP contribution in [0.3, 0.4) is 0 Å². The number of hydrogen-bond donors (Lipinski definition) is 0. The minimum absolute atomic E-state index is 0.744. The molecule has 0 radical (unpaired) electrons. The van der Waals surface area contributed by atoms with Crippen molar-refractivity contribution in [1.82, 2.24) is 0 Å². The SMILES string of the molecule is Clc1ccc(S/C(=C\C#Cc2ccccc2)c2ccccc2)cc1. The molecular formula is C22H15ClS. The maximum absolute atomic E-state index is 5.97. The summed E-state index contributed by atoms with van der Waals surface area (Å²) in [5, 5.41) is 0.744. The quantitative estimate of drug-likeness (QED) is 0.384. The normalized spacial score (nSPS) is 10.8. The first-order valence-corrected chi connectivity index (χ1v) is 8.76. The third-order valence-corrected chi connectivity index (χ3v) is 4.63. The summed E-state index contributed by atoms with van der Waals surface area (Å²) < 4.78 is 0. The van der Waals surface area contributed by atoms with Crippen molar-refractivity contribution in [3.63, 3.8) is 0 Å². The van der Waals surface area contributed by atoms with E-state index >= 15 is 0 Å². The molecule has 0 nitrogen and oxygen atoms in total. The van der Waals surface area contributed by atoms with Gasteiger partial charge in [-0.3, -0.25) is 0 Å². The van der Waals surface area contributed by atoms with Gasteiger partial charge in [0.1, 0.15) is 0 Å². The molecule has 0 bridgehead atoms. The fourth-order valence-corrected chi connectivity index (χ4v) is 3.13. The fourth-order valence-electron chi connectivity index (χ4n) is 2.11. The van der Waals surface area contributed by atoms with Crippen molar-refractivity contribution >= 4 is 28.3 Å².